The molecule has 0 unspecified atom stereocenters. The zero-order valence-corrected chi connectivity index (χ0v) is 11.3. The van der Waals surface area contributed by atoms with E-state index in [1.54, 1.807) is 13.8 Å². The molecule has 1 aliphatic carbocycles. The Morgan fingerprint density at radius 1 is 1.39 bits per heavy atom. The maximum atomic E-state index is 11.8. The average Bonchev–Trinajstić information content (AvgIpc) is 3.03. The Balaban J connectivity index is 1.85. The van der Waals surface area contributed by atoms with E-state index in [0.29, 0.717) is 12.0 Å². The highest BCUT2D eigenvalue weighted by Gasteiger charge is 2.35. The van der Waals surface area contributed by atoms with Crippen LogP contribution < -0.4 is 5.73 Å². The molecule has 2 rings (SSSR count). The first-order valence-electron chi connectivity index (χ1n) is 6.80. The quantitative estimate of drug-likeness (QED) is 0.778. The third kappa shape index (κ3) is 3.02. The number of nitrogens with zero attached hydrogens (tertiary/aromatic N) is 2. The van der Waals surface area contributed by atoms with Crippen molar-refractivity contribution in [1.29, 1.82) is 0 Å². The van der Waals surface area contributed by atoms with Crippen molar-refractivity contribution in [2.45, 2.75) is 45.2 Å². The molecule has 2 atom stereocenters. The van der Waals surface area contributed by atoms with Gasteiger partial charge in [-0.1, -0.05) is 0 Å². The summed E-state index contributed by atoms with van der Waals surface area (Å²) in [6, 6.07) is 0.0387. The fourth-order valence-electron chi connectivity index (χ4n) is 2.67. The molecule has 0 aromatic heterocycles. The number of hydrogen-bond donors (Lipinski definition) is 1. The van der Waals surface area contributed by atoms with Crippen LogP contribution in [-0.2, 0) is 9.59 Å². The third-order valence-corrected chi connectivity index (χ3v) is 3.83. The minimum atomic E-state index is -0.420. The number of carbonyl (C=O) groups is 2. The summed E-state index contributed by atoms with van der Waals surface area (Å²) in [5.41, 5.74) is 5.61. The minimum absolute atomic E-state index is 0.0262. The SMILES string of the molecule is CC(=O)N(C[C@@H]1CCN(C(=O)[C@H](C)N)C1)C1CC1. The highest BCUT2D eigenvalue weighted by molar-refractivity contribution is 5.81. The number of amides is 2. The molecule has 18 heavy (non-hydrogen) atoms. The minimum Gasteiger partial charge on any atom is -0.341 e. The number of hydrogen-bond acceptors (Lipinski definition) is 3. The molecule has 1 saturated heterocycles. The van der Waals surface area contributed by atoms with E-state index >= 15 is 0 Å². The molecule has 0 bridgehead atoms. The zero-order chi connectivity index (χ0) is 13.3. The number of nitrogens with two attached hydrogens (primary N) is 1. The highest BCUT2D eigenvalue weighted by Crippen LogP contribution is 2.29. The second-order valence-corrected chi connectivity index (χ2v) is 5.63. The maximum Gasteiger partial charge on any atom is 0.239 e. The molecule has 2 aliphatic rings. The van der Waals surface area contributed by atoms with Crippen molar-refractivity contribution in [2.75, 3.05) is 19.6 Å². The lowest BCUT2D eigenvalue weighted by atomic mass is 10.1. The van der Waals surface area contributed by atoms with Gasteiger partial charge >= 0.3 is 0 Å². The van der Waals surface area contributed by atoms with E-state index in [-0.39, 0.29) is 11.8 Å². The van der Waals surface area contributed by atoms with Gasteiger partial charge in [0.25, 0.3) is 0 Å². The molecule has 102 valence electrons. The molecule has 1 aliphatic heterocycles. The third-order valence-electron chi connectivity index (χ3n) is 3.83. The number of likely N-dealkylation sites (tertiary alicyclic amines) is 1. The van der Waals surface area contributed by atoms with Crippen molar-refractivity contribution in [3.8, 4) is 0 Å². The van der Waals surface area contributed by atoms with Crippen molar-refractivity contribution in [3.63, 3.8) is 0 Å². The van der Waals surface area contributed by atoms with E-state index in [1.807, 2.05) is 9.80 Å². The van der Waals surface area contributed by atoms with E-state index in [9.17, 15) is 9.59 Å². The van der Waals surface area contributed by atoms with E-state index in [0.717, 1.165) is 38.9 Å². The Morgan fingerprint density at radius 2 is 2.06 bits per heavy atom. The molecule has 2 fully saturated rings. The average molecular weight is 253 g/mol. The summed E-state index contributed by atoms with van der Waals surface area (Å²) >= 11 is 0. The van der Waals surface area contributed by atoms with Gasteiger partial charge in [0.05, 0.1) is 6.04 Å². The predicted molar refractivity (Wildman–Crippen MR) is 68.7 cm³/mol. The smallest absolute Gasteiger partial charge is 0.239 e. The number of carbonyl (C=O) groups excluding carboxylic acids is 2. The van der Waals surface area contributed by atoms with Gasteiger partial charge in [0, 0.05) is 32.6 Å². The molecule has 5 nitrogen and oxygen atoms in total. The van der Waals surface area contributed by atoms with Gasteiger partial charge < -0.3 is 15.5 Å². The van der Waals surface area contributed by atoms with Gasteiger partial charge in [-0.2, -0.15) is 0 Å². The Kier molecular flexibility index (Phi) is 3.90. The van der Waals surface area contributed by atoms with Crippen LogP contribution in [0.4, 0.5) is 0 Å². The van der Waals surface area contributed by atoms with Crippen LogP contribution in [0, 0.1) is 5.92 Å². The summed E-state index contributed by atoms with van der Waals surface area (Å²) in [6.45, 7) is 5.68. The van der Waals surface area contributed by atoms with Gasteiger partial charge in [-0.25, -0.2) is 0 Å². The predicted octanol–water partition coefficient (Wildman–Crippen LogP) is 0.193. The molecule has 2 N–H and O–H groups in total. The molecule has 1 saturated carbocycles. The monoisotopic (exact) mass is 253 g/mol. The normalized spacial score (nSPS) is 25.1. The van der Waals surface area contributed by atoms with E-state index in [1.165, 1.54) is 0 Å². The molecule has 2 amide bonds. The summed E-state index contributed by atoms with van der Waals surface area (Å²) < 4.78 is 0. The van der Waals surface area contributed by atoms with Crippen LogP contribution in [0.15, 0.2) is 0 Å². The van der Waals surface area contributed by atoms with Crippen molar-refractivity contribution >= 4 is 11.8 Å². The molecule has 0 radical (unpaired) electrons. The van der Waals surface area contributed by atoms with Crippen LogP contribution in [0.25, 0.3) is 0 Å². The van der Waals surface area contributed by atoms with Crippen molar-refractivity contribution in [1.82, 2.24) is 9.80 Å². The van der Waals surface area contributed by atoms with Crippen LogP contribution in [0.3, 0.4) is 0 Å². The van der Waals surface area contributed by atoms with Gasteiger partial charge in [0.1, 0.15) is 0 Å². The Bertz CT molecular complexity index is 339. The Morgan fingerprint density at radius 3 is 2.56 bits per heavy atom. The van der Waals surface area contributed by atoms with Gasteiger partial charge in [0.15, 0.2) is 0 Å². The van der Waals surface area contributed by atoms with Crippen LogP contribution in [0.1, 0.15) is 33.1 Å². The van der Waals surface area contributed by atoms with Gasteiger partial charge in [0.2, 0.25) is 11.8 Å². The summed E-state index contributed by atoms with van der Waals surface area (Å²) in [5, 5.41) is 0. The Hall–Kier alpha value is -1.10. The lowest BCUT2D eigenvalue weighted by Gasteiger charge is -2.25. The molecule has 0 aromatic rings. The maximum absolute atomic E-state index is 11.8. The first-order valence-corrected chi connectivity index (χ1v) is 6.80. The lowest BCUT2D eigenvalue weighted by molar-refractivity contribution is -0.131. The summed E-state index contributed by atoms with van der Waals surface area (Å²) in [7, 11) is 0. The van der Waals surface area contributed by atoms with Gasteiger partial charge in [-0.3, -0.25) is 9.59 Å². The first-order chi connectivity index (χ1) is 8.49. The molecule has 0 aromatic carbocycles. The van der Waals surface area contributed by atoms with Crippen LogP contribution in [-0.4, -0.2) is 53.3 Å². The van der Waals surface area contributed by atoms with E-state index < -0.39 is 6.04 Å². The van der Waals surface area contributed by atoms with E-state index in [4.69, 9.17) is 5.73 Å². The first kappa shape index (κ1) is 13.3. The fraction of sp³-hybridized carbons (Fsp3) is 0.846. The second kappa shape index (κ2) is 5.26. The molecular formula is C13H23N3O2. The van der Waals surface area contributed by atoms with Gasteiger partial charge in [-0.15, -0.1) is 0 Å². The van der Waals surface area contributed by atoms with Crippen molar-refractivity contribution < 1.29 is 9.59 Å². The molecule has 1 heterocycles. The highest BCUT2D eigenvalue weighted by atomic mass is 16.2. The van der Waals surface area contributed by atoms with Crippen LogP contribution in [0.2, 0.25) is 0 Å². The van der Waals surface area contributed by atoms with Crippen LogP contribution in [0.5, 0.6) is 0 Å². The zero-order valence-electron chi connectivity index (χ0n) is 11.3. The van der Waals surface area contributed by atoms with Gasteiger partial charge in [-0.05, 0) is 32.1 Å². The van der Waals surface area contributed by atoms with Crippen LogP contribution >= 0.6 is 0 Å². The largest absolute Gasteiger partial charge is 0.341 e. The lowest BCUT2D eigenvalue weighted by Crippen LogP contribution is -2.42. The summed E-state index contributed by atoms with van der Waals surface area (Å²) in [5.74, 6) is 0.602. The molecule has 0 spiro atoms. The topological polar surface area (TPSA) is 66.6 Å². The fourth-order valence-corrected chi connectivity index (χ4v) is 2.67. The summed E-state index contributed by atoms with van der Waals surface area (Å²) in [6.07, 6.45) is 3.25. The second-order valence-electron chi connectivity index (χ2n) is 5.63. The van der Waals surface area contributed by atoms with E-state index in [2.05, 4.69) is 0 Å². The summed E-state index contributed by atoms with van der Waals surface area (Å²) in [4.78, 5) is 27.1. The van der Waals surface area contributed by atoms with Crippen molar-refractivity contribution in [2.24, 2.45) is 11.7 Å². The molecule has 5 heteroatoms. The molecular weight excluding hydrogens is 230 g/mol. The standard InChI is InChI=1S/C13H23N3O2/c1-9(14)13(18)15-6-5-11(7-15)8-16(10(2)17)12-3-4-12/h9,11-12H,3-8,14H2,1-2H3/t9-,11+/m0/s1. The number of rotatable bonds is 4. The van der Waals surface area contributed by atoms with Crippen molar-refractivity contribution in [3.05, 3.63) is 0 Å². The Labute approximate surface area is 108 Å².